The molecule has 1 N–H and O–H groups in total. The molecule has 2 unspecified atom stereocenters. The van der Waals surface area contributed by atoms with E-state index in [0.29, 0.717) is 23.5 Å². The molecule has 3 nitrogen and oxygen atoms in total. The van der Waals surface area contributed by atoms with Crippen LogP contribution < -0.4 is 0 Å². The van der Waals surface area contributed by atoms with Crippen molar-refractivity contribution in [1.29, 1.82) is 0 Å². The summed E-state index contributed by atoms with van der Waals surface area (Å²) in [7, 11) is 1.82. The molecule has 4 heteroatoms. The van der Waals surface area contributed by atoms with Crippen molar-refractivity contribution in [1.82, 2.24) is 4.90 Å². The lowest BCUT2D eigenvalue weighted by Crippen LogP contribution is -2.18. The van der Waals surface area contributed by atoms with Gasteiger partial charge in [0.15, 0.2) is 0 Å². The Bertz CT molecular complexity index is 593. The molecular weight excluding hydrogens is 306 g/mol. The summed E-state index contributed by atoms with van der Waals surface area (Å²) in [6.07, 6.45) is 3.92. The van der Waals surface area contributed by atoms with Crippen LogP contribution in [0.25, 0.3) is 6.08 Å². The predicted octanol–water partition coefficient (Wildman–Crippen LogP) is 4.92. The smallest absolute Gasteiger partial charge is 0.260 e. The van der Waals surface area contributed by atoms with E-state index in [1.807, 2.05) is 25.3 Å². The van der Waals surface area contributed by atoms with Crippen LogP contribution in [0.3, 0.4) is 0 Å². The zero-order valence-electron chi connectivity index (χ0n) is 14.7. The minimum absolute atomic E-state index is 0.0817. The first-order valence-electron chi connectivity index (χ1n) is 8.35. The fourth-order valence-corrected chi connectivity index (χ4v) is 3.66. The number of aromatic hydroxyl groups is 1. The second kappa shape index (κ2) is 7.43. The van der Waals surface area contributed by atoms with Gasteiger partial charge >= 0.3 is 0 Å². The molecule has 1 fully saturated rings. The molecule has 2 atom stereocenters. The molecule has 1 aromatic carbocycles. The van der Waals surface area contributed by atoms with Crippen molar-refractivity contribution < 1.29 is 9.90 Å². The lowest BCUT2D eigenvalue weighted by Gasteiger charge is -2.19. The molecule has 0 radical (unpaired) electrons. The van der Waals surface area contributed by atoms with Gasteiger partial charge in [-0.3, -0.25) is 4.79 Å². The van der Waals surface area contributed by atoms with Crippen LogP contribution in [0.1, 0.15) is 69.1 Å². The molecule has 1 aliphatic rings. The number of benzene rings is 1. The fourth-order valence-electron chi connectivity index (χ4n) is 2.71. The van der Waals surface area contributed by atoms with E-state index in [2.05, 4.69) is 27.7 Å². The zero-order valence-corrected chi connectivity index (χ0v) is 15.5. The van der Waals surface area contributed by atoms with Gasteiger partial charge in [0, 0.05) is 7.05 Å². The quantitative estimate of drug-likeness (QED) is 0.777. The largest absolute Gasteiger partial charge is 0.507 e. The van der Waals surface area contributed by atoms with Gasteiger partial charge in [0.1, 0.15) is 5.75 Å². The fraction of sp³-hybridized carbons (Fsp3) is 0.526. The summed E-state index contributed by atoms with van der Waals surface area (Å²) >= 11 is 1.57. The Morgan fingerprint density at radius 3 is 2.13 bits per heavy atom. The third-order valence-electron chi connectivity index (χ3n) is 4.75. The van der Waals surface area contributed by atoms with E-state index in [4.69, 9.17) is 0 Å². The van der Waals surface area contributed by atoms with Gasteiger partial charge in [-0.15, -0.1) is 0 Å². The Morgan fingerprint density at radius 1 is 1.22 bits per heavy atom. The topological polar surface area (TPSA) is 40.5 Å². The maximum atomic E-state index is 12.1. The summed E-state index contributed by atoms with van der Waals surface area (Å²) in [5.74, 6) is 1.81. The van der Waals surface area contributed by atoms with E-state index in [9.17, 15) is 9.90 Å². The van der Waals surface area contributed by atoms with Crippen LogP contribution in [0.5, 0.6) is 5.75 Å². The number of nitrogens with zero attached hydrogens (tertiary/aromatic N) is 1. The SMILES string of the molecule is CCC(C)c1cc(C=C2SCN(C)C2=O)cc(C(C)CC)c1O. The Balaban J connectivity index is 2.51. The van der Waals surface area contributed by atoms with Crippen molar-refractivity contribution >= 4 is 23.7 Å². The van der Waals surface area contributed by atoms with Crippen molar-refractivity contribution in [3.8, 4) is 5.75 Å². The summed E-state index contributed by atoms with van der Waals surface area (Å²) in [5, 5.41) is 10.7. The molecule has 1 saturated heterocycles. The van der Waals surface area contributed by atoms with Gasteiger partial charge in [-0.05, 0) is 59.6 Å². The van der Waals surface area contributed by atoms with E-state index >= 15 is 0 Å². The van der Waals surface area contributed by atoms with Crippen LogP contribution in [0.15, 0.2) is 17.0 Å². The van der Waals surface area contributed by atoms with Crippen molar-refractivity contribution in [2.45, 2.75) is 52.4 Å². The summed E-state index contributed by atoms with van der Waals surface area (Å²) < 4.78 is 0. The first-order valence-corrected chi connectivity index (χ1v) is 9.34. The second-order valence-electron chi connectivity index (χ2n) is 6.45. The minimum Gasteiger partial charge on any atom is -0.507 e. The molecule has 0 spiro atoms. The Hall–Kier alpha value is -1.42. The van der Waals surface area contributed by atoms with Gasteiger partial charge in [-0.2, -0.15) is 0 Å². The van der Waals surface area contributed by atoms with Gasteiger partial charge < -0.3 is 10.0 Å². The molecular formula is C19H27NO2S. The van der Waals surface area contributed by atoms with Crippen molar-refractivity contribution in [2.24, 2.45) is 0 Å². The third-order valence-corrected chi connectivity index (χ3v) is 5.87. The average Bonchev–Trinajstić information content (AvgIpc) is 2.86. The van der Waals surface area contributed by atoms with Crippen molar-refractivity contribution in [3.63, 3.8) is 0 Å². The molecule has 1 amide bonds. The molecule has 0 aromatic heterocycles. The van der Waals surface area contributed by atoms with Gasteiger partial charge in [0.2, 0.25) is 0 Å². The average molecular weight is 333 g/mol. The number of rotatable bonds is 5. The third kappa shape index (κ3) is 3.74. The summed E-state index contributed by atoms with van der Waals surface area (Å²) in [6.45, 7) is 8.53. The summed E-state index contributed by atoms with van der Waals surface area (Å²) in [5.41, 5.74) is 2.99. The van der Waals surface area contributed by atoms with Crippen LogP contribution in [0, 0.1) is 0 Å². The highest BCUT2D eigenvalue weighted by Crippen LogP contribution is 2.38. The first kappa shape index (κ1) is 17.9. The Kier molecular flexibility index (Phi) is 5.79. The van der Waals surface area contributed by atoms with Crippen LogP contribution in [-0.4, -0.2) is 28.8 Å². The van der Waals surface area contributed by atoms with Gasteiger partial charge in [0.05, 0.1) is 10.8 Å². The van der Waals surface area contributed by atoms with Crippen LogP contribution >= 0.6 is 11.8 Å². The molecule has 23 heavy (non-hydrogen) atoms. The lowest BCUT2D eigenvalue weighted by atomic mass is 9.88. The van der Waals surface area contributed by atoms with Crippen molar-refractivity contribution in [3.05, 3.63) is 33.7 Å². The summed E-state index contributed by atoms with van der Waals surface area (Å²) in [4.78, 5) is 14.6. The number of thioether (sulfide) groups is 1. The zero-order chi connectivity index (χ0) is 17.1. The number of phenols is 1. The highest BCUT2D eigenvalue weighted by atomic mass is 32.2. The van der Waals surface area contributed by atoms with Crippen LogP contribution in [-0.2, 0) is 4.79 Å². The Labute approximate surface area is 143 Å². The molecule has 0 aliphatic carbocycles. The highest BCUT2D eigenvalue weighted by molar-refractivity contribution is 8.04. The molecule has 126 valence electrons. The molecule has 0 bridgehead atoms. The number of likely N-dealkylation sites (N-methyl/N-ethyl adjacent to an activating group) is 1. The molecule has 0 saturated carbocycles. The molecule has 1 aliphatic heterocycles. The maximum absolute atomic E-state index is 12.1. The van der Waals surface area contributed by atoms with Gasteiger partial charge in [-0.25, -0.2) is 0 Å². The number of hydrogen-bond donors (Lipinski definition) is 1. The van der Waals surface area contributed by atoms with E-state index in [0.717, 1.165) is 34.4 Å². The monoisotopic (exact) mass is 333 g/mol. The highest BCUT2D eigenvalue weighted by Gasteiger charge is 2.24. The predicted molar refractivity (Wildman–Crippen MR) is 98.7 cm³/mol. The first-order chi connectivity index (χ1) is 10.9. The Morgan fingerprint density at radius 2 is 1.74 bits per heavy atom. The molecule has 1 aromatic rings. The number of carbonyl (C=O) groups excluding carboxylic acids is 1. The second-order valence-corrected chi connectivity index (χ2v) is 7.44. The van der Waals surface area contributed by atoms with Crippen molar-refractivity contribution in [2.75, 3.05) is 12.9 Å². The van der Waals surface area contributed by atoms with Crippen LogP contribution in [0.2, 0.25) is 0 Å². The number of amides is 1. The lowest BCUT2D eigenvalue weighted by molar-refractivity contribution is -0.123. The van der Waals surface area contributed by atoms with E-state index in [-0.39, 0.29) is 5.91 Å². The van der Waals surface area contributed by atoms with E-state index < -0.39 is 0 Å². The molecule has 1 heterocycles. The normalized spacial score (nSPS) is 19.4. The standard InChI is InChI=1S/C19H27NO2S/c1-6-12(3)15-8-14(9-16(18(15)21)13(4)7-2)10-17-19(22)20(5)11-23-17/h8-10,12-13,21H,6-7,11H2,1-5H3. The summed E-state index contributed by atoms with van der Waals surface area (Å²) in [6, 6.07) is 4.07. The number of phenolic OH excluding ortho intramolecular Hbond substituents is 1. The van der Waals surface area contributed by atoms with E-state index in [1.54, 1.807) is 16.7 Å². The van der Waals surface area contributed by atoms with Gasteiger partial charge in [0.25, 0.3) is 5.91 Å². The number of carbonyl (C=O) groups is 1. The maximum Gasteiger partial charge on any atom is 0.260 e. The van der Waals surface area contributed by atoms with E-state index in [1.165, 1.54) is 0 Å². The minimum atomic E-state index is 0.0817. The van der Waals surface area contributed by atoms with Gasteiger partial charge in [-0.1, -0.05) is 39.5 Å². The molecule has 2 rings (SSSR count). The van der Waals surface area contributed by atoms with Crippen LogP contribution in [0.4, 0.5) is 0 Å². The number of hydrogen-bond acceptors (Lipinski definition) is 3.